The Morgan fingerprint density at radius 3 is 2.55 bits per heavy atom. The monoisotopic (exact) mass is 335 g/mol. The van der Waals surface area contributed by atoms with Gasteiger partial charge in [0.15, 0.2) is 5.84 Å². The van der Waals surface area contributed by atoms with Gasteiger partial charge in [0.2, 0.25) is 5.88 Å². The Balaban J connectivity index is 2.31. The number of pyridine rings is 1. The molecule has 0 atom stereocenters. The number of benzene rings is 1. The van der Waals surface area contributed by atoms with E-state index in [1.165, 1.54) is 0 Å². The van der Waals surface area contributed by atoms with Gasteiger partial charge >= 0.3 is 0 Å². The number of oxime groups is 1. The first-order valence-electron chi connectivity index (χ1n) is 5.91. The van der Waals surface area contributed by atoms with Gasteiger partial charge in [-0.15, -0.1) is 0 Å². The molecule has 20 heavy (non-hydrogen) atoms. The van der Waals surface area contributed by atoms with E-state index < -0.39 is 0 Å². The minimum atomic E-state index is -0.0568. The van der Waals surface area contributed by atoms with E-state index in [1.54, 1.807) is 18.2 Å². The summed E-state index contributed by atoms with van der Waals surface area (Å²) in [7, 11) is 0. The summed E-state index contributed by atoms with van der Waals surface area (Å²) in [6, 6.07) is 8.90. The lowest BCUT2D eigenvalue weighted by Gasteiger charge is -2.09. The molecule has 0 fully saturated rings. The van der Waals surface area contributed by atoms with Crippen molar-refractivity contribution in [2.75, 3.05) is 0 Å². The zero-order chi connectivity index (χ0) is 14.7. The SMILES string of the molecule is Cc1cc(Oc2cccc(/C(N)=N/O)n2)cc(C)c1Br. The molecule has 3 N–H and O–H groups in total. The van der Waals surface area contributed by atoms with Crippen molar-refractivity contribution in [1.29, 1.82) is 0 Å². The third-order valence-electron chi connectivity index (χ3n) is 2.73. The highest BCUT2D eigenvalue weighted by Crippen LogP contribution is 2.28. The average Bonchev–Trinajstić information content (AvgIpc) is 2.44. The van der Waals surface area contributed by atoms with Crippen LogP contribution in [0.2, 0.25) is 0 Å². The Bertz CT molecular complexity index is 648. The van der Waals surface area contributed by atoms with Crippen molar-refractivity contribution in [2.24, 2.45) is 10.9 Å². The normalized spacial score (nSPS) is 11.4. The van der Waals surface area contributed by atoms with Crippen LogP contribution in [-0.4, -0.2) is 16.0 Å². The zero-order valence-corrected chi connectivity index (χ0v) is 12.7. The maximum Gasteiger partial charge on any atom is 0.219 e. The summed E-state index contributed by atoms with van der Waals surface area (Å²) in [6.07, 6.45) is 0. The maximum absolute atomic E-state index is 8.65. The zero-order valence-electron chi connectivity index (χ0n) is 11.1. The lowest BCUT2D eigenvalue weighted by atomic mass is 10.1. The van der Waals surface area contributed by atoms with Crippen LogP contribution in [0.1, 0.15) is 16.8 Å². The van der Waals surface area contributed by atoms with Crippen molar-refractivity contribution in [3.05, 3.63) is 51.6 Å². The summed E-state index contributed by atoms with van der Waals surface area (Å²) in [5.74, 6) is 1.01. The molecule has 1 heterocycles. The lowest BCUT2D eigenvalue weighted by molar-refractivity contribution is 0.318. The minimum Gasteiger partial charge on any atom is -0.439 e. The molecule has 1 aromatic carbocycles. The molecule has 0 amide bonds. The first-order chi connectivity index (χ1) is 9.51. The van der Waals surface area contributed by atoms with Crippen molar-refractivity contribution in [1.82, 2.24) is 4.98 Å². The maximum atomic E-state index is 8.65. The van der Waals surface area contributed by atoms with Crippen LogP contribution in [0.5, 0.6) is 11.6 Å². The van der Waals surface area contributed by atoms with Gasteiger partial charge in [-0.25, -0.2) is 4.98 Å². The third-order valence-corrected chi connectivity index (χ3v) is 3.98. The largest absolute Gasteiger partial charge is 0.439 e. The van der Waals surface area contributed by atoms with Crippen molar-refractivity contribution >= 4 is 21.8 Å². The smallest absolute Gasteiger partial charge is 0.219 e. The third kappa shape index (κ3) is 3.08. The average molecular weight is 336 g/mol. The molecule has 0 bridgehead atoms. The topological polar surface area (TPSA) is 80.7 Å². The minimum absolute atomic E-state index is 0.0568. The second-order valence-corrected chi connectivity index (χ2v) is 5.11. The fourth-order valence-electron chi connectivity index (χ4n) is 1.75. The van der Waals surface area contributed by atoms with E-state index in [2.05, 4.69) is 26.1 Å². The highest BCUT2D eigenvalue weighted by Gasteiger charge is 2.07. The molecule has 0 spiro atoms. The second kappa shape index (κ2) is 5.92. The van der Waals surface area contributed by atoms with Crippen molar-refractivity contribution < 1.29 is 9.94 Å². The van der Waals surface area contributed by atoms with Crippen LogP contribution in [0.15, 0.2) is 40.0 Å². The number of rotatable bonds is 3. The molecule has 0 saturated heterocycles. The van der Waals surface area contributed by atoms with Crippen LogP contribution < -0.4 is 10.5 Å². The number of aryl methyl sites for hydroxylation is 2. The number of aromatic nitrogens is 1. The van der Waals surface area contributed by atoms with E-state index in [9.17, 15) is 0 Å². The van der Waals surface area contributed by atoms with Crippen LogP contribution >= 0.6 is 15.9 Å². The predicted octanol–water partition coefficient (Wildman–Crippen LogP) is 3.35. The van der Waals surface area contributed by atoms with Crippen LogP contribution in [0.4, 0.5) is 0 Å². The summed E-state index contributed by atoms with van der Waals surface area (Å²) in [5, 5.41) is 11.6. The molecular weight excluding hydrogens is 322 g/mol. The van der Waals surface area contributed by atoms with Crippen LogP contribution in [0.25, 0.3) is 0 Å². The van der Waals surface area contributed by atoms with E-state index in [0.717, 1.165) is 15.6 Å². The summed E-state index contributed by atoms with van der Waals surface area (Å²) < 4.78 is 6.76. The van der Waals surface area contributed by atoms with Crippen LogP contribution in [-0.2, 0) is 0 Å². The van der Waals surface area contributed by atoms with Crippen LogP contribution in [0, 0.1) is 13.8 Å². The highest BCUT2D eigenvalue weighted by molar-refractivity contribution is 9.10. The summed E-state index contributed by atoms with van der Waals surface area (Å²) in [5.41, 5.74) is 8.01. The van der Waals surface area contributed by atoms with Gasteiger partial charge in [-0.1, -0.05) is 27.2 Å². The van der Waals surface area contributed by atoms with Crippen molar-refractivity contribution in [3.63, 3.8) is 0 Å². The molecule has 0 aliphatic heterocycles. The number of amidine groups is 1. The van der Waals surface area contributed by atoms with E-state index in [-0.39, 0.29) is 5.84 Å². The van der Waals surface area contributed by atoms with E-state index in [4.69, 9.17) is 15.7 Å². The number of hydrogen-bond donors (Lipinski definition) is 2. The molecule has 2 rings (SSSR count). The predicted molar refractivity (Wildman–Crippen MR) is 80.4 cm³/mol. The Morgan fingerprint density at radius 1 is 1.30 bits per heavy atom. The Kier molecular flexibility index (Phi) is 4.24. The van der Waals surface area contributed by atoms with E-state index in [0.29, 0.717) is 17.3 Å². The molecule has 104 valence electrons. The number of nitrogens with two attached hydrogens (primary N) is 1. The van der Waals surface area contributed by atoms with Gasteiger partial charge in [0.1, 0.15) is 11.4 Å². The van der Waals surface area contributed by atoms with Gasteiger partial charge in [-0.2, -0.15) is 0 Å². The molecule has 0 aliphatic rings. The number of hydrogen-bond acceptors (Lipinski definition) is 4. The summed E-state index contributed by atoms with van der Waals surface area (Å²) >= 11 is 3.51. The van der Waals surface area contributed by atoms with Gasteiger partial charge in [-0.3, -0.25) is 0 Å². The van der Waals surface area contributed by atoms with Gasteiger partial charge < -0.3 is 15.7 Å². The molecule has 1 aromatic heterocycles. The standard InChI is InChI=1S/C14H14BrN3O2/c1-8-6-10(7-9(2)13(8)15)20-12-5-3-4-11(17-12)14(16)18-19/h3-7,19H,1-2H3,(H2,16,18). The van der Waals surface area contributed by atoms with Crippen molar-refractivity contribution in [3.8, 4) is 11.6 Å². The first kappa shape index (κ1) is 14.3. The Hall–Kier alpha value is -2.08. The Labute approximate surface area is 125 Å². The molecule has 6 heteroatoms. The fourth-order valence-corrected chi connectivity index (χ4v) is 1.98. The van der Waals surface area contributed by atoms with E-state index >= 15 is 0 Å². The molecule has 0 unspecified atom stereocenters. The number of nitrogens with zero attached hydrogens (tertiary/aromatic N) is 2. The van der Waals surface area contributed by atoms with Gasteiger partial charge in [0.25, 0.3) is 0 Å². The van der Waals surface area contributed by atoms with Gasteiger partial charge in [0, 0.05) is 10.5 Å². The molecule has 0 aliphatic carbocycles. The number of ether oxygens (including phenoxy) is 1. The molecule has 2 aromatic rings. The quantitative estimate of drug-likeness (QED) is 0.390. The second-order valence-electron chi connectivity index (χ2n) is 4.32. The summed E-state index contributed by atoms with van der Waals surface area (Å²) in [6.45, 7) is 3.98. The summed E-state index contributed by atoms with van der Waals surface area (Å²) in [4.78, 5) is 4.17. The molecule has 5 nitrogen and oxygen atoms in total. The molecular formula is C14H14BrN3O2. The van der Waals surface area contributed by atoms with E-state index in [1.807, 2.05) is 26.0 Å². The Morgan fingerprint density at radius 2 is 1.95 bits per heavy atom. The highest BCUT2D eigenvalue weighted by atomic mass is 79.9. The molecule has 0 radical (unpaired) electrons. The molecule has 0 saturated carbocycles. The fraction of sp³-hybridized carbons (Fsp3) is 0.143. The number of halogens is 1. The first-order valence-corrected chi connectivity index (χ1v) is 6.70. The van der Waals surface area contributed by atoms with Gasteiger partial charge in [-0.05, 0) is 43.2 Å². The van der Waals surface area contributed by atoms with Crippen LogP contribution in [0.3, 0.4) is 0 Å². The van der Waals surface area contributed by atoms with Crippen molar-refractivity contribution in [2.45, 2.75) is 13.8 Å². The lowest BCUT2D eigenvalue weighted by Crippen LogP contribution is -2.14. The van der Waals surface area contributed by atoms with Gasteiger partial charge in [0.05, 0.1) is 0 Å².